The second-order valence-electron chi connectivity index (χ2n) is 4.69. The first-order valence-electron chi connectivity index (χ1n) is 6.48. The molecule has 0 spiro atoms. The van der Waals surface area contributed by atoms with Crippen molar-refractivity contribution >= 4 is 17.2 Å². The van der Waals surface area contributed by atoms with Crippen LogP contribution in [0.2, 0.25) is 0 Å². The lowest BCUT2D eigenvalue weighted by Crippen LogP contribution is -2.41. The van der Waals surface area contributed by atoms with Crippen LogP contribution in [0.4, 0.5) is 13.2 Å². The van der Waals surface area contributed by atoms with Gasteiger partial charge in [-0.05, 0) is 25.8 Å². The molecule has 1 aromatic heterocycles. The zero-order chi connectivity index (χ0) is 14.8. The molecule has 1 aromatic rings. The highest BCUT2D eigenvalue weighted by Crippen LogP contribution is 2.32. The van der Waals surface area contributed by atoms with E-state index in [0.717, 1.165) is 36.1 Å². The number of aromatic nitrogens is 1. The van der Waals surface area contributed by atoms with Gasteiger partial charge < -0.3 is 10.6 Å². The smallest absolute Gasteiger partial charge is 0.346 e. The maximum Gasteiger partial charge on any atom is 0.434 e. The molecule has 2 heterocycles. The van der Waals surface area contributed by atoms with E-state index < -0.39 is 17.9 Å². The van der Waals surface area contributed by atoms with Crippen LogP contribution in [-0.4, -0.2) is 23.5 Å². The van der Waals surface area contributed by atoms with Gasteiger partial charge in [0.05, 0.1) is 12.1 Å². The number of carbonyl (C=O) groups excluding carboxylic acids is 1. The Labute approximate surface area is 118 Å². The maximum atomic E-state index is 12.5. The van der Waals surface area contributed by atoms with E-state index in [-0.39, 0.29) is 11.9 Å². The van der Waals surface area contributed by atoms with Crippen LogP contribution in [-0.2, 0) is 11.0 Å². The number of amides is 1. The molecular formula is C12H16F3N3OS. The molecule has 0 aliphatic carbocycles. The van der Waals surface area contributed by atoms with E-state index in [0.29, 0.717) is 11.4 Å². The fourth-order valence-corrected chi connectivity index (χ4v) is 3.06. The third-order valence-corrected chi connectivity index (χ3v) is 4.17. The molecule has 2 rings (SSSR count). The predicted molar refractivity (Wildman–Crippen MR) is 69.3 cm³/mol. The Kier molecular flexibility index (Phi) is 4.64. The average Bonchev–Trinajstić information content (AvgIpc) is 3.04. The number of nitrogens with one attached hydrogen (secondary N) is 2. The number of halogens is 3. The Morgan fingerprint density at radius 1 is 1.65 bits per heavy atom. The Morgan fingerprint density at radius 3 is 2.90 bits per heavy atom. The van der Waals surface area contributed by atoms with E-state index in [1.165, 1.54) is 0 Å². The van der Waals surface area contributed by atoms with Crippen molar-refractivity contribution in [1.29, 1.82) is 0 Å². The molecule has 1 aliphatic rings. The highest BCUT2D eigenvalue weighted by Gasteiger charge is 2.34. The van der Waals surface area contributed by atoms with Gasteiger partial charge in [0, 0.05) is 5.38 Å². The largest absolute Gasteiger partial charge is 0.434 e. The van der Waals surface area contributed by atoms with Gasteiger partial charge in [-0.25, -0.2) is 4.98 Å². The highest BCUT2D eigenvalue weighted by molar-refractivity contribution is 7.09. The lowest BCUT2D eigenvalue weighted by molar-refractivity contribution is -0.140. The Morgan fingerprint density at radius 2 is 2.40 bits per heavy atom. The number of nitrogens with zero attached hydrogens (tertiary/aromatic N) is 1. The molecule has 1 fully saturated rings. The van der Waals surface area contributed by atoms with Gasteiger partial charge in [0.2, 0.25) is 5.91 Å². The molecule has 0 aromatic carbocycles. The summed E-state index contributed by atoms with van der Waals surface area (Å²) < 4.78 is 37.6. The minimum absolute atomic E-state index is 0.168. The first-order valence-corrected chi connectivity index (χ1v) is 7.36. The van der Waals surface area contributed by atoms with Crippen LogP contribution in [0.3, 0.4) is 0 Å². The standard InChI is InChI=1S/C12H16F3N3OS/c1-2-7(17-10(19)8-4-3-5-16-8)11-18-9(6-20-11)12(13,14)15/h6-8,16H,2-5H2,1H3,(H,17,19)/t7-,8+/m0/s1. The predicted octanol–water partition coefficient (Wildman–Crippen LogP) is 2.48. The topological polar surface area (TPSA) is 54.0 Å². The number of rotatable bonds is 4. The first kappa shape index (κ1) is 15.2. The van der Waals surface area contributed by atoms with Gasteiger partial charge >= 0.3 is 6.18 Å². The number of thiazole rings is 1. The van der Waals surface area contributed by atoms with Gasteiger partial charge in [0.1, 0.15) is 5.01 Å². The van der Waals surface area contributed by atoms with Crippen molar-refractivity contribution in [2.24, 2.45) is 0 Å². The van der Waals surface area contributed by atoms with Gasteiger partial charge in [-0.3, -0.25) is 4.79 Å². The molecular weight excluding hydrogens is 291 g/mol. The van der Waals surface area contributed by atoms with Crippen LogP contribution >= 0.6 is 11.3 Å². The molecule has 0 saturated carbocycles. The third-order valence-electron chi connectivity index (χ3n) is 3.21. The van der Waals surface area contributed by atoms with Crippen LogP contribution < -0.4 is 10.6 Å². The minimum atomic E-state index is -4.44. The number of carbonyl (C=O) groups is 1. The summed E-state index contributed by atoms with van der Waals surface area (Å²) in [6, 6.07) is -0.711. The molecule has 2 N–H and O–H groups in total. The molecule has 0 unspecified atom stereocenters. The number of hydrogen-bond donors (Lipinski definition) is 2. The van der Waals surface area contributed by atoms with Crippen LogP contribution in [0.25, 0.3) is 0 Å². The molecule has 1 amide bonds. The van der Waals surface area contributed by atoms with Crippen LogP contribution in [0, 0.1) is 0 Å². The highest BCUT2D eigenvalue weighted by atomic mass is 32.1. The summed E-state index contributed by atoms with van der Waals surface area (Å²) in [7, 11) is 0. The second-order valence-corrected chi connectivity index (χ2v) is 5.58. The monoisotopic (exact) mass is 307 g/mol. The summed E-state index contributed by atoms with van der Waals surface area (Å²) >= 11 is 0.927. The Bertz CT molecular complexity index is 469. The van der Waals surface area contributed by atoms with E-state index in [4.69, 9.17) is 0 Å². The first-order chi connectivity index (χ1) is 9.41. The minimum Gasteiger partial charge on any atom is -0.346 e. The molecule has 1 saturated heterocycles. The fraction of sp³-hybridized carbons (Fsp3) is 0.667. The van der Waals surface area contributed by atoms with Crippen molar-refractivity contribution in [1.82, 2.24) is 15.6 Å². The van der Waals surface area contributed by atoms with Crippen molar-refractivity contribution in [2.75, 3.05) is 6.54 Å². The molecule has 112 valence electrons. The number of alkyl halides is 3. The van der Waals surface area contributed by atoms with Crippen molar-refractivity contribution < 1.29 is 18.0 Å². The Balaban J connectivity index is 2.04. The molecule has 8 heteroatoms. The van der Waals surface area contributed by atoms with Crippen LogP contribution in [0.5, 0.6) is 0 Å². The van der Waals surface area contributed by atoms with Gasteiger partial charge in [-0.15, -0.1) is 11.3 Å². The van der Waals surface area contributed by atoms with Gasteiger partial charge in [0.25, 0.3) is 0 Å². The molecule has 2 atom stereocenters. The van der Waals surface area contributed by atoms with E-state index in [9.17, 15) is 18.0 Å². The number of hydrogen-bond acceptors (Lipinski definition) is 4. The summed E-state index contributed by atoms with van der Waals surface area (Å²) in [5.74, 6) is -0.168. The van der Waals surface area contributed by atoms with Gasteiger partial charge in [0.15, 0.2) is 5.69 Å². The van der Waals surface area contributed by atoms with Crippen LogP contribution in [0.15, 0.2) is 5.38 Å². The maximum absolute atomic E-state index is 12.5. The molecule has 0 radical (unpaired) electrons. The molecule has 20 heavy (non-hydrogen) atoms. The summed E-state index contributed by atoms with van der Waals surface area (Å²) in [4.78, 5) is 15.6. The van der Waals surface area contributed by atoms with Crippen molar-refractivity contribution in [3.05, 3.63) is 16.1 Å². The SMILES string of the molecule is CC[C@H](NC(=O)[C@H]1CCCN1)c1nc(C(F)(F)F)cs1. The third kappa shape index (κ3) is 3.49. The van der Waals surface area contributed by atoms with E-state index in [1.54, 1.807) is 0 Å². The second kappa shape index (κ2) is 6.09. The lowest BCUT2D eigenvalue weighted by atomic mass is 10.2. The zero-order valence-electron chi connectivity index (χ0n) is 11.0. The van der Waals surface area contributed by atoms with Crippen LogP contribution in [0.1, 0.15) is 42.9 Å². The zero-order valence-corrected chi connectivity index (χ0v) is 11.8. The molecule has 1 aliphatic heterocycles. The summed E-state index contributed by atoms with van der Waals surface area (Å²) in [5, 5.41) is 7.11. The molecule has 4 nitrogen and oxygen atoms in total. The summed E-state index contributed by atoms with van der Waals surface area (Å²) in [6.45, 7) is 2.60. The van der Waals surface area contributed by atoms with Gasteiger partial charge in [-0.1, -0.05) is 6.92 Å². The van der Waals surface area contributed by atoms with E-state index >= 15 is 0 Å². The van der Waals surface area contributed by atoms with E-state index in [2.05, 4.69) is 15.6 Å². The average molecular weight is 307 g/mol. The van der Waals surface area contributed by atoms with Crippen molar-refractivity contribution in [3.63, 3.8) is 0 Å². The Hall–Kier alpha value is -1.15. The lowest BCUT2D eigenvalue weighted by Gasteiger charge is -2.17. The van der Waals surface area contributed by atoms with E-state index in [1.807, 2.05) is 6.92 Å². The summed E-state index contributed by atoms with van der Waals surface area (Å²) in [6.07, 6.45) is -2.24. The van der Waals surface area contributed by atoms with Crippen molar-refractivity contribution in [2.45, 2.75) is 44.4 Å². The van der Waals surface area contributed by atoms with Crippen molar-refractivity contribution in [3.8, 4) is 0 Å². The quantitative estimate of drug-likeness (QED) is 0.898. The van der Waals surface area contributed by atoms with Gasteiger partial charge in [-0.2, -0.15) is 13.2 Å². The fourth-order valence-electron chi connectivity index (χ4n) is 2.10. The normalized spacial score (nSPS) is 20.9. The summed E-state index contributed by atoms with van der Waals surface area (Å²) in [5.41, 5.74) is -0.899. The molecule has 0 bridgehead atoms.